The normalized spacial score (nSPS) is 33.8. The summed E-state index contributed by atoms with van der Waals surface area (Å²) in [5.74, 6) is 4.03. The summed E-state index contributed by atoms with van der Waals surface area (Å²) < 4.78 is 11.4. The molecule has 2 aliphatic heterocycles. The standard InChI is InChI=1S/C26H35N3O4/c30-24(29-7-1-2-21(29)20-3-4-22-23(13-20)33-9-8-32-22)5-6-27-25(31)28-26-14-17-10-18(15-26)12-19(11-17)16-26/h3-4,13,17-19,21H,1-2,5-12,14-16H2,(H2,27,28,31). The lowest BCUT2D eigenvalue weighted by Gasteiger charge is -2.56. The van der Waals surface area contributed by atoms with E-state index in [4.69, 9.17) is 9.47 Å². The third kappa shape index (κ3) is 4.15. The van der Waals surface area contributed by atoms with Crippen LogP contribution in [0.1, 0.15) is 69.4 Å². The van der Waals surface area contributed by atoms with Gasteiger partial charge in [0.15, 0.2) is 11.5 Å². The molecule has 4 saturated carbocycles. The molecule has 0 spiro atoms. The molecule has 6 aliphatic rings. The molecule has 2 heterocycles. The monoisotopic (exact) mass is 453 g/mol. The molecule has 7 heteroatoms. The summed E-state index contributed by atoms with van der Waals surface area (Å²) in [6.07, 6.45) is 9.75. The van der Waals surface area contributed by atoms with E-state index in [9.17, 15) is 9.59 Å². The van der Waals surface area contributed by atoms with Crippen molar-refractivity contribution in [3.8, 4) is 11.5 Å². The molecule has 0 radical (unpaired) electrons. The number of benzene rings is 1. The van der Waals surface area contributed by atoms with Gasteiger partial charge in [-0.25, -0.2) is 4.79 Å². The molecule has 1 atom stereocenters. The summed E-state index contributed by atoms with van der Waals surface area (Å²) in [5.41, 5.74) is 1.10. The molecular weight excluding hydrogens is 418 g/mol. The minimum absolute atomic E-state index is 0.00111. The topological polar surface area (TPSA) is 79.9 Å². The Bertz CT molecular complexity index is 897. The average molecular weight is 454 g/mol. The zero-order chi connectivity index (χ0) is 22.4. The molecule has 4 bridgehead atoms. The molecule has 3 amide bonds. The van der Waals surface area contributed by atoms with E-state index in [-0.39, 0.29) is 23.5 Å². The second kappa shape index (κ2) is 8.41. The molecule has 33 heavy (non-hydrogen) atoms. The van der Waals surface area contributed by atoms with E-state index in [1.165, 1.54) is 19.3 Å². The van der Waals surface area contributed by atoms with Crippen molar-refractivity contribution in [2.45, 2.75) is 69.4 Å². The highest BCUT2D eigenvalue weighted by molar-refractivity contribution is 5.79. The fourth-order valence-electron chi connectivity index (χ4n) is 7.65. The quantitative estimate of drug-likeness (QED) is 0.711. The van der Waals surface area contributed by atoms with Crippen LogP contribution in [0.5, 0.6) is 11.5 Å². The maximum atomic E-state index is 13.0. The number of carbonyl (C=O) groups excluding carboxylic acids is 2. The average Bonchev–Trinajstić information content (AvgIpc) is 3.27. The van der Waals surface area contributed by atoms with Crippen molar-refractivity contribution in [1.82, 2.24) is 15.5 Å². The van der Waals surface area contributed by atoms with Crippen LogP contribution in [-0.4, -0.2) is 48.7 Å². The van der Waals surface area contributed by atoms with Gasteiger partial charge in [-0.2, -0.15) is 0 Å². The van der Waals surface area contributed by atoms with E-state index in [0.717, 1.165) is 73.5 Å². The Hall–Kier alpha value is -2.44. The molecule has 1 aromatic rings. The van der Waals surface area contributed by atoms with Gasteiger partial charge in [-0.1, -0.05) is 6.07 Å². The van der Waals surface area contributed by atoms with Crippen LogP contribution in [0.25, 0.3) is 0 Å². The van der Waals surface area contributed by atoms with Gasteiger partial charge < -0.3 is 25.0 Å². The number of hydrogen-bond acceptors (Lipinski definition) is 4. The van der Waals surface area contributed by atoms with Crippen molar-refractivity contribution in [1.29, 1.82) is 0 Å². The highest BCUT2D eigenvalue weighted by Crippen LogP contribution is 2.55. The van der Waals surface area contributed by atoms with Crippen LogP contribution in [0.4, 0.5) is 4.79 Å². The van der Waals surface area contributed by atoms with Crippen molar-refractivity contribution < 1.29 is 19.1 Å². The lowest BCUT2D eigenvalue weighted by atomic mass is 9.53. The Morgan fingerprint density at radius 1 is 1.00 bits per heavy atom. The largest absolute Gasteiger partial charge is 0.486 e. The maximum Gasteiger partial charge on any atom is 0.315 e. The molecule has 1 unspecified atom stereocenters. The zero-order valence-electron chi connectivity index (χ0n) is 19.3. The third-order valence-electron chi connectivity index (χ3n) is 8.57. The number of likely N-dealkylation sites (tertiary alicyclic amines) is 1. The number of amides is 3. The van der Waals surface area contributed by atoms with Crippen molar-refractivity contribution in [2.75, 3.05) is 26.3 Å². The van der Waals surface area contributed by atoms with Gasteiger partial charge in [0.2, 0.25) is 5.91 Å². The number of fused-ring (bicyclic) bond motifs is 1. The third-order valence-corrected chi connectivity index (χ3v) is 8.57. The number of rotatable bonds is 5. The summed E-state index contributed by atoms with van der Waals surface area (Å²) >= 11 is 0. The van der Waals surface area contributed by atoms with Gasteiger partial charge in [0.05, 0.1) is 6.04 Å². The number of nitrogens with zero attached hydrogens (tertiary/aromatic N) is 1. The highest BCUT2D eigenvalue weighted by Gasteiger charge is 2.51. The van der Waals surface area contributed by atoms with E-state index in [2.05, 4.69) is 10.6 Å². The number of urea groups is 1. The van der Waals surface area contributed by atoms with Crippen LogP contribution >= 0.6 is 0 Å². The molecule has 2 N–H and O–H groups in total. The first-order valence-corrected chi connectivity index (χ1v) is 12.8. The molecule has 7 rings (SSSR count). The minimum atomic E-state index is -0.102. The van der Waals surface area contributed by atoms with E-state index in [1.807, 2.05) is 23.1 Å². The molecule has 0 aromatic heterocycles. The van der Waals surface area contributed by atoms with E-state index in [1.54, 1.807) is 0 Å². The van der Waals surface area contributed by atoms with Crippen molar-refractivity contribution >= 4 is 11.9 Å². The van der Waals surface area contributed by atoms with Crippen LogP contribution in [0.3, 0.4) is 0 Å². The summed E-state index contributed by atoms with van der Waals surface area (Å²) in [7, 11) is 0. The van der Waals surface area contributed by atoms with Gasteiger partial charge in [0, 0.05) is 25.0 Å². The van der Waals surface area contributed by atoms with Crippen LogP contribution in [-0.2, 0) is 4.79 Å². The van der Waals surface area contributed by atoms with Crippen LogP contribution in [0.15, 0.2) is 18.2 Å². The molecule has 4 aliphatic carbocycles. The van der Waals surface area contributed by atoms with Crippen LogP contribution in [0.2, 0.25) is 0 Å². The Morgan fingerprint density at radius 3 is 2.42 bits per heavy atom. The van der Waals surface area contributed by atoms with Gasteiger partial charge in [-0.15, -0.1) is 0 Å². The number of hydrogen-bond donors (Lipinski definition) is 2. The predicted octanol–water partition coefficient (Wildman–Crippen LogP) is 3.78. The SMILES string of the molecule is O=C(NCCC(=O)N1CCCC1c1ccc2c(c1)OCCO2)NC12CC3CC(CC(C3)C1)C2. The summed E-state index contributed by atoms with van der Waals surface area (Å²) in [4.78, 5) is 27.6. The van der Waals surface area contributed by atoms with Crippen LogP contribution < -0.4 is 20.1 Å². The predicted molar refractivity (Wildman–Crippen MR) is 123 cm³/mol. The van der Waals surface area contributed by atoms with Crippen molar-refractivity contribution in [2.24, 2.45) is 17.8 Å². The Kier molecular flexibility index (Phi) is 5.38. The minimum Gasteiger partial charge on any atom is -0.486 e. The first-order chi connectivity index (χ1) is 16.1. The lowest BCUT2D eigenvalue weighted by molar-refractivity contribution is -0.132. The van der Waals surface area contributed by atoms with Gasteiger partial charge in [-0.05, 0) is 86.8 Å². The van der Waals surface area contributed by atoms with E-state index in [0.29, 0.717) is 26.2 Å². The second-order valence-corrected chi connectivity index (χ2v) is 11.0. The van der Waals surface area contributed by atoms with Crippen LogP contribution in [0, 0.1) is 17.8 Å². The smallest absolute Gasteiger partial charge is 0.315 e. The molecular formula is C26H35N3O4. The molecule has 178 valence electrons. The molecule has 1 saturated heterocycles. The summed E-state index contributed by atoms with van der Waals surface area (Å²) in [6.45, 7) is 2.27. The Morgan fingerprint density at radius 2 is 1.70 bits per heavy atom. The first kappa shape index (κ1) is 21.1. The fourth-order valence-corrected chi connectivity index (χ4v) is 7.65. The zero-order valence-corrected chi connectivity index (χ0v) is 19.3. The number of ether oxygens (including phenoxy) is 2. The van der Waals surface area contributed by atoms with Gasteiger partial charge in [-0.3, -0.25) is 4.79 Å². The number of nitrogens with one attached hydrogen (secondary N) is 2. The summed E-state index contributed by atoms with van der Waals surface area (Å²) in [5, 5.41) is 6.30. The van der Waals surface area contributed by atoms with E-state index >= 15 is 0 Å². The van der Waals surface area contributed by atoms with Crippen molar-refractivity contribution in [3.05, 3.63) is 23.8 Å². The first-order valence-electron chi connectivity index (χ1n) is 12.8. The molecule has 1 aromatic carbocycles. The molecule has 5 fully saturated rings. The second-order valence-electron chi connectivity index (χ2n) is 11.0. The van der Waals surface area contributed by atoms with Gasteiger partial charge >= 0.3 is 6.03 Å². The fraction of sp³-hybridized carbons (Fsp3) is 0.692. The maximum absolute atomic E-state index is 13.0. The van der Waals surface area contributed by atoms with Gasteiger partial charge in [0.1, 0.15) is 13.2 Å². The number of carbonyl (C=O) groups is 2. The Labute approximate surface area is 195 Å². The van der Waals surface area contributed by atoms with Crippen molar-refractivity contribution in [3.63, 3.8) is 0 Å². The Balaban J connectivity index is 1.02. The highest BCUT2D eigenvalue weighted by atomic mass is 16.6. The summed E-state index contributed by atoms with van der Waals surface area (Å²) in [6, 6.07) is 5.97. The lowest BCUT2D eigenvalue weighted by Crippen LogP contribution is -2.61. The van der Waals surface area contributed by atoms with E-state index < -0.39 is 0 Å². The van der Waals surface area contributed by atoms with Gasteiger partial charge in [0.25, 0.3) is 0 Å². The molecule has 7 nitrogen and oxygen atoms in total.